The first-order valence-electron chi connectivity index (χ1n) is 7.55. The summed E-state index contributed by atoms with van der Waals surface area (Å²) in [5.74, 6) is 1.44. The van der Waals surface area contributed by atoms with Crippen LogP contribution in [0.4, 0.5) is 0 Å². The third-order valence-corrected chi connectivity index (χ3v) is 6.20. The minimum absolute atomic E-state index is 0.126. The van der Waals surface area contributed by atoms with E-state index in [9.17, 15) is 8.42 Å². The highest BCUT2D eigenvalue weighted by atomic mass is 32.2. The van der Waals surface area contributed by atoms with E-state index in [1.54, 1.807) is 18.3 Å². The molecule has 0 radical (unpaired) electrons. The summed E-state index contributed by atoms with van der Waals surface area (Å²) >= 11 is 0. The Hall–Kier alpha value is -1.86. The molecule has 2 heterocycles. The number of aromatic nitrogens is 2. The van der Waals surface area contributed by atoms with Crippen molar-refractivity contribution in [3.8, 4) is 5.75 Å². The lowest BCUT2D eigenvalue weighted by atomic mass is 10.1. The van der Waals surface area contributed by atoms with Gasteiger partial charge in [0.1, 0.15) is 16.5 Å². The van der Waals surface area contributed by atoms with Gasteiger partial charge in [0.2, 0.25) is 10.0 Å². The summed E-state index contributed by atoms with van der Waals surface area (Å²) in [5.41, 5.74) is 0.893. The zero-order valence-corrected chi connectivity index (χ0v) is 14.4. The van der Waals surface area contributed by atoms with Crippen molar-refractivity contribution in [1.82, 2.24) is 13.9 Å². The molecule has 1 aromatic carbocycles. The first-order valence-corrected chi connectivity index (χ1v) is 8.99. The molecule has 1 fully saturated rings. The number of imidazole rings is 1. The Morgan fingerprint density at radius 1 is 1.35 bits per heavy atom. The van der Waals surface area contributed by atoms with Gasteiger partial charge >= 0.3 is 0 Å². The lowest BCUT2D eigenvalue weighted by molar-refractivity contribution is 0.398. The lowest BCUT2D eigenvalue weighted by Crippen LogP contribution is -2.29. The SMILES string of the molecule is COc1ccc(C)cc1S(=O)(=O)N1CCC(c2nccn2C)C1. The van der Waals surface area contributed by atoms with Crippen molar-refractivity contribution in [2.24, 2.45) is 7.05 Å². The zero-order valence-electron chi connectivity index (χ0n) is 13.6. The minimum atomic E-state index is -3.57. The maximum absolute atomic E-state index is 13.0. The van der Waals surface area contributed by atoms with Gasteiger partial charge in [-0.15, -0.1) is 0 Å². The fraction of sp³-hybridized carbons (Fsp3) is 0.438. The highest BCUT2D eigenvalue weighted by Crippen LogP contribution is 2.33. The van der Waals surface area contributed by atoms with Crippen LogP contribution in [0.25, 0.3) is 0 Å². The van der Waals surface area contributed by atoms with Crippen molar-refractivity contribution in [3.05, 3.63) is 42.0 Å². The molecule has 0 aliphatic carbocycles. The van der Waals surface area contributed by atoms with Gasteiger partial charge in [0.05, 0.1) is 7.11 Å². The number of aryl methyl sites for hydroxylation is 2. The zero-order chi connectivity index (χ0) is 16.6. The van der Waals surface area contributed by atoms with Crippen LogP contribution in [-0.4, -0.2) is 42.5 Å². The maximum Gasteiger partial charge on any atom is 0.246 e. The normalized spacial score (nSPS) is 19.2. The predicted octanol–water partition coefficient (Wildman–Crippen LogP) is 1.92. The molecular weight excluding hydrogens is 314 g/mol. The topological polar surface area (TPSA) is 64.4 Å². The summed E-state index contributed by atoms with van der Waals surface area (Å²) in [4.78, 5) is 4.59. The van der Waals surface area contributed by atoms with Crippen LogP contribution in [0.15, 0.2) is 35.5 Å². The molecule has 1 aliphatic rings. The van der Waals surface area contributed by atoms with Gasteiger partial charge in [-0.25, -0.2) is 13.4 Å². The van der Waals surface area contributed by atoms with E-state index >= 15 is 0 Å². The van der Waals surface area contributed by atoms with Crippen LogP contribution >= 0.6 is 0 Å². The van der Waals surface area contributed by atoms with Gasteiger partial charge in [-0.05, 0) is 31.0 Å². The van der Waals surface area contributed by atoms with E-state index in [0.29, 0.717) is 18.8 Å². The van der Waals surface area contributed by atoms with Gasteiger partial charge < -0.3 is 9.30 Å². The number of sulfonamides is 1. The Kier molecular flexibility index (Phi) is 4.16. The molecule has 1 aliphatic heterocycles. The summed E-state index contributed by atoms with van der Waals surface area (Å²) in [5, 5.41) is 0. The van der Waals surface area contributed by atoms with E-state index < -0.39 is 10.0 Å². The van der Waals surface area contributed by atoms with Crippen LogP contribution in [0, 0.1) is 6.92 Å². The van der Waals surface area contributed by atoms with E-state index in [1.807, 2.05) is 30.8 Å². The summed E-state index contributed by atoms with van der Waals surface area (Å²) in [6.45, 7) is 2.82. The summed E-state index contributed by atoms with van der Waals surface area (Å²) in [6.07, 6.45) is 4.41. The molecule has 0 amide bonds. The minimum Gasteiger partial charge on any atom is -0.495 e. The number of hydrogen-bond donors (Lipinski definition) is 0. The molecule has 3 rings (SSSR count). The Morgan fingerprint density at radius 3 is 2.78 bits per heavy atom. The fourth-order valence-electron chi connectivity index (χ4n) is 3.05. The molecule has 1 saturated heterocycles. The molecule has 1 aromatic heterocycles. The molecule has 2 aromatic rings. The van der Waals surface area contributed by atoms with Crippen molar-refractivity contribution in [2.45, 2.75) is 24.2 Å². The van der Waals surface area contributed by atoms with Crippen molar-refractivity contribution in [1.29, 1.82) is 0 Å². The Labute approximate surface area is 136 Å². The van der Waals surface area contributed by atoms with Crippen molar-refractivity contribution >= 4 is 10.0 Å². The number of benzene rings is 1. The molecule has 7 heteroatoms. The van der Waals surface area contributed by atoms with Gasteiger partial charge in [-0.3, -0.25) is 0 Å². The molecular formula is C16H21N3O3S. The van der Waals surface area contributed by atoms with Gasteiger partial charge in [0.15, 0.2) is 0 Å². The average Bonchev–Trinajstić information content (AvgIpc) is 3.16. The van der Waals surface area contributed by atoms with Crippen LogP contribution < -0.4 is 4.74 Å². The molecule has 1 unspecified atom stereocenters. The van der Waals surface area contributed by atoms with Crippen molar-refractivity contribution in [2.75, 3.05) is 20.2 Å². The van der Waals surface area contributed by atoms with E-state index in [-0.39, 0.29) is 10.8 Å². The van der Waals surface area contributed by atoms with Crippen LogP contribution in [0.2, 0.25) is 0 Å². The maximum atomic E-state index is 13.0. The molecule has 0 N–H and O–H groups in total. The highest BCUT2D eigenvalue weighted by molar-refractivity contribution is 7.89. The average molecular weight is 335 g/mol. The van der Waals surface area contributed by atoms with E-state index in [4.69, 9.17) is 4.74 Å². The van der Waals surface area contributed by atoms with Crippen molar-refractivity contribution < 1.29 is 13.2 Å². The molecule has 0 spiro atoms. The quantitative estimate of drug-likeness (QED) is 0.856. The van der Waals surface area contributed by atoms with Crippen LogP contribution in [0.3, 0.4) is 0 Å². The Morgan fingerprint density at radius 2 is 2.13 bits per heavy atom. The van der Waals surface area contributed by atoms with Crippen LogP contribution in [0.5, 0.6) is 5.75 Å². The molecule has 0 saturated carbocycles. The molecule has 1 atom stereocenters. The number of ether oxygens (including phenoxy) is 1. The summed E-state index contributed by atoms with van der Waals surface area (Å²) in [7, 11) is -0.145. The van der Waals surface area contributed by atoms with E-state index in [1.165, 1.54) is 11.4 Å². The van der Waals surface area contributed by atoms with Crippen LogP contribution in [0.1, 0.15) is 23.7 Å². The third kappa shape index (κ3) is 2.86. The third-order valence-electron chi connectivity index (χ3n) is 4.31. The van der Waals surface area contributed by atoms with E-state index in [0.717, 1.165) is 17.8 Å². The van der Waals surface area contributed by atoms with Gasteiger partial charge in [-0.1, -0.05) is 6.07 Å². The van der Waals surface area contributed by atoms with Gasteiger partial charge in [0, 0.05) is 38.4 Å². The van der Waals surface area contributed by atoms with Crippen molar-refractivity contribution in [3.63, 3.8) is 0 Å². The summed E-state index contributed by atoms with van der Waals surface area (Å²) < 4.78 is 34.7. The first-order chi connectivity index (χ1) is 10.9. The number of nitrogens with zero attached hydrogens (tertiary/aromatic N) is 3. The second-order valence-corrected chi connectivity index (χ2v) is 7.81. The predicted molar refractivity (Wildman–Crippen MR) is 87.1 cm³/mol. The number of methoxy groups -OCH3 is 1. The van der Waals surface area contributed by atoms with Crippen LogP contribution in [-0.2, 0) is 17.1 Å². The lowest BCUT2D eigenvalue weighted by Gasteiger charge is -2.19. The second kappa shape index (κ2) is 5.98. The second-order valence-electron chi connectivity index (χ2n) is 5.90. The Bertz CT molecular complexity index is 814. The largest absolute Gasteiger partial charge is 0.495 e. The van der Waals surface area contributed by atoms with Gasteiger partial charge in [0.25, 0.3) is 0 Å². The number of rotatable bonds is 4. The molecule has 0 bridgehead atoms. The van der Waals surface area contributed by atoms with E-state index in [2.05, 4.69) is 4.98 Å². The first kappa shape index (κ1) is 16.0. The highest BCUT2D eigenvalue weighted by Gasteiger charge is 2.36. The smallest absolute Gasteiger partial charge is 0.246 e. The standard InChI is InChI=1S/C16H21N3O3S/c1-12-4-5-14(22-3)15(10-12)23(20,21)19-8-6-13(11-19)16-17-7-9-18(16)2/h4-5,7,9-10,13H,6,8,11H2,1-3H3. The molecule has 6 nitrogen and oxygen atoms in total. The monoisotopic (exact) mass is 335 g/mol. The fourth-order valence-corrected chi connectivity index (χ4v) is 4.79. The summed E-state index contributed by atoms with van der Waals surface area (Å²) in [6, 6.07) is 5.22. The Balaban J connectivity index is 1.90. The number of hydrogen-bond acceptors (Lipinski definition) is 4. The molecule has 124 valence electrons. The van der Waals surface area contributed by atoms with Gasteiger partial charge in [-0.2, -0.15) is 4.31 Å². The molecule has 23 heavy (non-hydrogen) atoms.